The maximum Gasteiger partial charge on any atom is 0.160 e. The topological polar surface area (TPSA) is 35.0 Å². The van der Waals surface area contributed by atoms with Crippen molar-refractivity contribution in [2.24, 2.45) is 0 Å². The van der Waals surface area contributed by atoms with Crippen molar-refractivity contribution in [1.29, 1.82) is 0 Å². The summed E-state index contributed by atoms with van der Waals surface area (Å²) >= 11 is 0. The lowest BCUT2D eigenvalue weighted by molar-refractivity contribution is 0.438. The molecule has 10 rings (SSSR count). The Kier molecular flexibility index (Phi) is 6.40. The molecule has 1 aromatic heterocycles. The lowest BCUT2D eigenvalue weighted by Gasteiger charge is -2.40. The minimum Gasteiger partial charge on any atom is -0.456 e. The second-order valence-corrected chi connectivity index (χ2v) is 12.9. The van der Waals surface area contributed by atoms with Gasteiger partial charge in [-0.3, -0.25) is 0 Å². The number of aromatic nitrogens is 2. The molecule has 1 aliphatic heterocycles. The molecular weight excluding hydrogens is 609 g/mol. The third-order valence-electron chi connectivity index (χ3n) is 10.2. The summed E-state index contributed by atoms with van der Waals surface area (Å²) in [6, 6.07) is 64.0. The van der Waals surface area contributed by atoms with Crippen LogP contribution in [0.5, 0.6) is 11.5 Å². The predicted octanol–water partition coefficient (Wildman–Crippen LogP) is 11.6. The van der Waals surface area contributed by atoms with Gasteiger partial charge < -0.3 is 4.74 Å². The third-order valence-corrected chi connectivity index (χ3v) is 10.2. The van der Waals surface area contributed by atoms with Gasteiger partial charge in [0.05, 0.1) is 16.8 Å². The number of fused-ring (bicyclic) bond motifs is 9. The molecule has 50 heavy (non-hydrogen) atoms. The number of rotatable bonds is 4. The molecule has 2 aliphatic rings. The summed E-state index contributed by atoms with van der Waals surface area (Å²) in [4.78, 5) is 10.1. The molecule has 1 aliphatic carbocycles. The SMILES string of the molecule is c1ccc(-c2cc(-c3ccccc3)nc(-c3ccc(-c4cccc5c4Oc4ccccc4C54c5ccccc5-c5ccccc54)cc3)n2)cc1. The van der Waals surface area contributed by atoms with Crippen molar-refractivity contribution in [3.63, 3.8) is 0 Å². The highest BCUT2D eigenvalue weighted by atomic mass is 16.5. The lowest BCUT2D eigenvalue weighted by atomic mass is 9.65. The Balaban J connectivity index is 1.13. The number of ether oxygens (including phenoxy) is 1. The average Bonchev–Trinajstić information content (AvgIpc) is 3.49. The summed E-state index contributed by atoms with van der Waals surface area (Å²) in [6.07, 6.45) is 0. The molecule has 3 heteroatoms. The molecule has 0 saturated carbocycles. The molecule has 0 bridgehead atoms. The van der Waals surface area contributed by atoms with Crippen LogP contribution in [-0.4, -0.2) is 9.97 Å². The van der Waals surface area contributed by atoms with Gasteiger partial charge in [0.1, 0.15) is 11.5 Å². The van der Waals surface area contributed by atoms with Crippen LogP contribution in [0.3, 0.4) is 0 Å². The van der Waals surface area contributed by atoms with Crippen LogP contribution < -0.4 is 4.74 Å². The van der Waals surface area contributed by atoms with Crippen LogP contribution in [0.25, 0.3) is 56.2 Å². The zero-order valence-corrected chi connectivity index (χ0v) is 27.1. The van der Waals surface area contributed by atoms with Crippen LogP contribution in [0, 0.1) is 0 Å². The Morgan fingerprint density at radius 1 is 0.360 bits per heavy atom. The van der Waals surface area contributed by atoms with Gasteiger partial charge in [0.15, 0.2) is 5.82 Å². The first-order chi connectivity index (χ1) is 24.8. The molecular formula is C47H30N2O. The standard InChI is InChI=1S/C47H30N2O/c1-3-14-32(15-4-1)42-30-43(33-16-5-2-6-17-33)49-46(48-42)34-28-26-31(27-29-34)35-20-13-24-41-45(35)50-44-25-12-11-23-40(44)47(41)38-21-9-7-18-36(38)37-19-8-10-22-39(37)47/h1-30H. The molecule has 0 fully saturated rings. The van der Waals surface area contributed by atoms with E-state index in [1.54, 1.807) is 0 Å². The predicted molar refractivity (Wildman–Crippen MR) is 201 cm³/mol. The van der Waals surface area contributed by atoms with Crippen LogP contribution in [0.2, 0.25) is 0 Å². The number of benzene rings is 7. The lowest BCUT2D eigenvalue weighted by Crippen LogP contribution is -2.32. The van der Waals surface area contributed by atoms with Crippen molar-refractivity contribution >= 4 is 0 Å². The van der Waals surface area contributed by atoms with Gasteiger partial charge in [0, 0.05) is 33.4 Å². The Morgan fingerprint density at radius 2 is 0.840 bits per heavy atom. The fourth-order valence-electron chi connectivity index (χ4n) is 7.99. The van der Waals surface area contributed by atoms with Crippen LogP contribution in [0.1, 0.15) is 22.3 Å². The molecule has 234 valence electrons. The van der Waals surface area contributed by atoms with Gasteiger partial charge in [-0.2, -0.15) is 0 Å². The summed E-state index contributed by atoms with van der Waals surface area (Å²) in [5.41, 5.74) is 13.9. The van der Waals surface area contributed by atoms with Crippen molar-refractivity contribution in [1.82, 2.24) is 9.97 Å². The van der Waals surface area contributed by atoms with E-state index in [0.717, 1.165) is 56.3 Å². The molecule has 0 amide bonds. The fourth-order valence-corrected chi connectivity index (χ4v) is 7.99. The van der Waals surface area contributed by atoms with E-state index in [9.17, 15) is 0 Å². The normalized spacial score (nSPS) is 13.1. The van der Waals surface area contributed by atoms with Crippen molar-refractivity contribution in [3.8, 4) is 67.7 Å². The molecule has 2 heterocycles. The molecule has 1 spiro atoms. The van der Waals surface area contributed by atoms with Gasteiger partial charge in [-0.15, -0.1) is 0 Å². The van der Waals surface area contributed by atoms with E-state index in [1.807, 2.05) is 36.4 Å². The largest absolute Gasteiger partial charge is 0.456 e. The van der Waals surface area contributed by atoms with Gasteiger partial charge in [-0.25, -0.2) is 9.97 Å². The Labute approximate surface area is 291 Å². The first-order valence-corrected chi connectivity index (χ1v) is 17.0. The van der Waals surface area contributed by atoms with Gasteiger partial charge >= 0.3 is 0 Å². The van der Waals surface area contributed by atoms with Crippen molar-refractivity contribution in [2.75, 3.05) is 0 Å². The maximum absolute atomic E-state index is 6.90. The average molecular weight is 639 g/mol. The zero-order chi connectivity index (χ0) is 33.1. The van der Waals surface area contributed by atoms with E-state index in [2.05, 4.69) is 146 Å². The fraction of sp³-hybridized carbons (Fsp3) is 0.0213. The van der Waals surface area contributed by atoms with Crippen molar-refractivity contribution in [3.05, 3.63) is 204 Å². The van der Waals surface area contributed by atoms with Crippen LogP contribution >= 0.6 is 0 Å². The van der Waals surface area contributed by atoms with Gasteiger partial charge in [0.2, 0.25) is 0 Å². The third kappa shape index (κ3) is 4.23. The Morgan fingerprint density at radius 3 is 1.46 bits per heavy atom. The van der Waals surface area contributed by atoms with Crippen molar-refractivity contribution < 1.29 is 4.74 Å². The monoisotopic (exact) mass is 638 g/mol. The van der Waals surface area contributed by atoms with Crippen LogP contribution in [0.15, 0.2) is 182 Å². The minimum atomic E-state index is -0.493. The van der Waals surface area contributed by atoms with E-state index in [-0.39, 0.29) is 0 Å². The Hall–Kier alpha value is -6.58. The van der Waals surface area contributed by atoms with E-state index in [1.165, 1.54) is 27.8 Å². The number of para-hydroxylation sites is 2. The summed E-state index contributed by atoms with van der Waals surface area (Å²) < 4.78 is 6.90. The van der Waals surface area contributed by atoms with Crippen molar-refractivity contribution in [2.45, 2.75) is 5.41 Å². The quantitative estimate of drug-likeness (QED) is 0.192. The molecule has 0 saturated heterocycles. The molecule has 7 aromatic carbocycles. The second-order valence-electron chi connectivity index (χ2n) is 12.9. The minimum absolute atomic E-state index is 0.493. The molecule has 0 radical (unpaired) electrons. The maximum atomic E-state index is 6.90. The summed E-state index contributed by atoms with van der Waals surface area (Å²) in [6.45, 7) is 0. The van der Waals surface area contributed by atoms with Crippen LogP contribution in [0.4, 0.5) is 0 Å². The van der Waals surface area contributed by atoms with E-state index < -0.39 is 5.41 Å². The number of nitrogens with zero attached hydrogens (tertiary/aromatic N) is 2. The molecule has 0 atom stereocenters. The molecule has 8 aromatic rings. The van der Waals surface area contributed by atoms with E-state index in [4.69, 9.17) is 14.7 Å². The first kappa shape index (κ1) is 28.4. The van der Waals surface area contributed by atoms with Gasteiger partial charge in [-0.05, 0) is 39.9 Å². The van der Waals surface area contributed by atoms with Gasteiger partial charge in [0.25, 0.3) is 0 Å². The summed E-state index contributed by atoms with van der Waals surface area (Å²) in [5, 5.41) is 0. The van der Waals surface area contributed by atoms with E-state index in [0.29, 0.717) is 5.82 Å². The highest BCUT2D eigenvalue weighted by molar-refractivity contribution is 5.90. The second kappa shape index (κ2) is 11.3. The molecule has 0 N–H and O–H groups in total. The zero-order valence-electron chi connectivity index (χ0n) is 27.1. The first-order valence-electron chi connectivity index (χ1n) is 17.0. The Bertz CT molecular complexity index is 2450. The number of hydrogen-bond acceptors (Lipinski definition) is 3. The summed E-state index contributed by atoms with van der Waals surface area (Å²) in [5.74, 6) is 2.46. The van der Waals surface area contributed by atoms with Gasteiger partial charge in [-0.1, -0.05) is 170 Å². The molecule has 0 unspecified atom stereocenters. The number of hydrogen-bond donors (Lipinski definition) is 0. The molecule has 3 nitrogen and oxygen atoms in total. The highest BCUT2D eigenvalue weighted by Gasteiger charge is 2.51. The van der Waals surface area contributed by atoms with E-state index >= 15 is 0 Å². The smallest absolute Gasteiger partial charge is 0.160 e. The summed E-state index contributed by atoms with van der Waals surface area (Å²) in [7, 11) is 0. The highest BCUT2D eigenvalue weighted by Crippen LogP contribution is 2.63. The van der Waals surface area contributed by atoms with Crippen LogP contribution in [-0.2, 0) is 5.41 Å².